The molecule has 3 rings (SSSR count). The van der Waals surface area contributed by atoms with E-state index in [9.17, 15) is 9.59 Å². The molecule has 0 bridgehead atoms. The van der Waals surface area contributed by atoms with Crippen LogP contribution >= 0.6 is 0 Å². The third-order valence-electron chi connectivity index (χ3n) is 3.92. The largest absolute Gasteiger partial charge is 0.378 e. The van der Waals surface area contributed by atoms with Gasteiger partial charge in [-0.05, 0) is 25.0 Å². The van der Waals surface area contributed by atoms with Crippen LogP contribution in [0.5, 0.6) is 0 Å². The Labute approximate surface area is 117 Å². The summed E-state index contributed by atoms with van der Waals surface area (Å²) in [5, 5.41) is 2.85. The Balaban J connectivity index is 1.68. The standard InChI is InChI=1S/C15H18N2O3/c18-13(16-12-4-2-1-3-5-12)15(6-7-15)14(19)17-8-10-20-11-9-17/h1-5H,6-11H2,(H,16,18). The Morgan fingerprint density at radius 2 is 1.75 bits per heavy atom. The number of carbonyl (C=O) groups excluding carboxylic acids is 2. The van der Waals surface area contributed by atoms with Gasteiger partial charge in [0.05, 0.1) is 13.2 Å². The molecule has 20 heavy (non-hydrogen) atoms. The highest BCUT2D eigenvalue weighted by Crippen LogP contribution is 2.48. The summed E-state index contributed by atoms with van der Waals surface area (Å²) in [7, 11) is 0. The molecule has 0 aromatic heterocycles. The second-order valence-electron chi connectivity index (χ2n) is 5.31. The van der Waals surface area contributed by atoms with Crippen LogP contribution in [0.4, 0.5) is 5.69 Å². The van der Waals surface area contributed by atoms with Gasteiger partial charge in [0.25, 0.3) is 0 Å². The van der Waals surface area contributed by atoms with E-state index in [1.807, 2.05) is 30.3 Å². The highest BCUT2D eigenvalue weighted by atomic mass is 16.5. The number of ether oxygens (including phenoxy) is 1. The monoisotopic (exact) mass is 274 g/mol. The van der Waals surface area contributed by atoms with Gasteiger partial charge in [-0.2, -0.15) is 0 Å². The van der Waals surface area contributed by atoms with Gasteiger partial charge in [-0.25, -0.2) is 0 Å². The lowest BCUT2D eigenvalue weighted by atomic mass is 10.0. The number of nitrogens with zero attached hydrogens (tertiary/aromatic N) is 1. The summed E-state index contributed by atoms with van der Waals surface area (Å²) in [6.07, 6.45) is 1.28. The number of carbonyl (C=O) groups is 2. The van der Waals surface area contributed by atoms with Crippen molar-refractivity contribution in [3.63, 3.8) is 0 Å². The van der Waals surface area contributed by atoms with Crippen LogP contribution in [0.3, 0.4) is 0 Å². The van der Waals surface area contributed by atoms with Crippen molar-refractivity contribution in [2.75, 3.05) is 31.6 Å². The maximum absolute atomic E-state index is 12.5. The lowest BCUT2D eigenvalue weighted by molar-refractivity contribution is -0.145. The molecule has 1 heterocycles. The Bertz CT molecular complexity index is 505. The van der Waals surface area contributed by atoms with E-state index in [0.29, 0.717) is 39.1 Å². The Kier molecular flexibility index (Phi) is 3.44. The first kappa shape index (κ1) is 13.1. The van der Waals surface area contributed by atoms with Gasteiger partial charge in [0.1, 0.15) is 5.41 Å². The first-order valence-electron chi connectivity index (χ1n) is 6.96. The topological polar surface area (TPSA) is 58.6 Å². The SMILES string of the molecule is O=C(Nc1ccccc1)C1(C(=O)N2CCOCC2)CC1. The number of rotatable bonds is 3. The molecule has 0 unspecified atom stereocenters. The number of para-hydroxylation sites is 1. The maximum Gasteiger partial charge on any atom is 0.240 e. The summed E-state index contributed by atoms with van der Waals surface area (Å²) < 4.78 is 5.24. The van der Waals surface area contributed by atoms with E-state index in [-0.39, 0.29) is 11.8 Å². The molecule has 2 amide bonds. The fraction of sp³-hybridized carbons (Fsp3) is 0.467. The summed E-state index contributed by atoms with van der Waals surface area (Å²) >= 11 is 0. The van der Waals surface area contributed by atoms with Crippen molar-refractivity contribution in [2.24, 2.45) is 5.41 Å². The van der Waals surface area contributed by atoms with Gasteiger partial charge in [-0.15, -0.1) is 0 Å². The number of morpholine rings is 1. The van der Waals surface area contributed by atoms with Crippen LogP contribution in [0.2, 0.25) is 0 Å². The molecule has 1 aliphatic carbocycles. The summed E-state index contributed by atoms with van der Waals surface area (Å²) in [6, 6.07) is 9.26. The van der Waals surface area contributed by atoms with E-state index < -0.39 is 5.41 Å². The van der Waals surface area contributed by atoms with Gasteiger partial charge in [0, 0.05) is 18.8 Å². The van der Waals surface area contributed by atoms with Crippen LogP contribution in [-0.4, -0.2) is 43.0 Å². The van der Waals surface area contributed by atoms with Crippen LogP contribution in [-0.2, 0) is 14.3 Å². The van der Waals surface area contributed by atoms with Gasteiger partial charge >= 0.3 is 0 Å². The van der Waals surface area contributed by atoms with Crippen molar-refractivity contribution in [2.45, 2.75) is 12.8 Å². The third-order valence-corrected chi connectivity index (χ3v) is 3.92. The Hall–Kier alpha value is -1.88. The van der Waals surface area contributed by atoms with Crippen LogP contribution in [0, 0.1) is 5.41 Å². The number of nitrogens with one attached hydrogen (secondary N) is 1. The molecule has 5 heteroatoms. The molecule has 0 radical (unpaired) electrons. The molecule has 1 N–H and O–H groups in total. The number of hydrogen-bond acceptors (Lipinski definition) is 3. The number of hydrogen-bond donors (Lipinski definition) is 1. The molecule has 1 aliphatic heterocycles. The minimum atomic E-state index is -0.840. The lowest BCUT2D eigenvalue weighted by Crippen LogP contribution is -2.47. The van der Waals surface area contributed by atoms with Crippen molar-refractivity contribution < 1.29 is 14.3 Å². The third kappa shape index (κ3) is 2.41. The van der Waals surface area contributed by atoms with Gasteiger partial charge < -0.3 is 15.0 Å². The lowest BCUT2D eigenvalue weighted by Gasteiger charge is -2.30. The first-order chi connectivity index (χ1) is 9.72. The van der Waals surface area contributed by atoms with E-state index in [2.05, 4.69) is 5.32 Å². The predicted molar refractivity (Wildman–Crippen MR) is 74.1 cm³/mol. The summed E-state index contributed by atoms with van der Waals surface area (Å²) in [5.41, 5.74) is -0.105. The average Bonchev–Trinajstić information content (AvgIpc) is 3.30. The van der Waals surface area contributed by atoms with E-state index in [4.69, 9.17) is 4.74 Å². The zero-order valence-corrected chi connectivity index (χ0v) is 11.3. The molecule has 5 nitrogen and oxygen atoms in total. The van der Waals surface area contributed by atoms with Crippen LogP contribution in [0.1, 0.15) is 12.8 Å². The van der Waals surface area contributed by atoms with Gasteiger partial charge in [-0.1, -0.05) is 18.2 Å². The summed E-state index contributed by atoms with van der Waals surface area (Å²) in [6.45, 7) is 2.28. The first-order valence-corrected chi connectivity index (χ1v) is 6.96. The number of benzene rings is 1. The fourth-order valence-corrected chi connectivity index (χ4v) is 2.50. The average molecular weight is 274 g/mol. The highest BCUT2D eigenvalue weighted by molar-refractivity contribution is 6.13. The Morgan fingerprint density at radius 3 is 2.35 bits per heavy atom. The van der Waals surface area contributed by atoms with E-state index in [1.54, 1.807) is 4.90 Å². The predicted octanol–water partition coefficient (Wildman–Crippen LogP) is 1.26. The molecule has 0 atom stereocenters. The van der Waals surface area contributed by atoms with Gasteiger partial charge in [0.15, 0.2) is 0 Å². The summed E-state index contributed by atoms with van der Waals surface area (Å²) in [5.74, 6) is -0.227. The highest BCUT2D eigenvalue weighted by Gasteiger charge is 2.58. The van der Waals surface area contributed by atoms with Crippen LogP contribution < -0.4 is 5.32 Å². The van der Waals surface area contributed by atoms with Crippen molar-refractivity contribution in [3.8, 4) is 0 Å². The Morgan fingerprint density at radius 1 is 1.10 bits per heavy atom. The number of amides is 2. The van der Waals surface area contributed by atoms with Gasteiger partial charge in [0.2, 0.25) is 11.8 Å². The quantitative estimate of drug-likeness (QED) is 0.844. The van der Waals surface area contributed by atoms with Crippen molar-refractivity contribution in [1.29, 1.82) is 0 Å². The molecular weight excluding hydrogens is 256 g/mol. The zero-order valence-electron chi connectivity index (χ0n) is 11.3. The second kappa shape index (κ2) is 5.25. The molecule has 1 aromatic carbocycles. The fourth-order valence-electron chi connectivity index (χ4n) is 2.50. The molecule has 2 aliphatic rings. The maximum atomic E-state index is 12.5. The van der Waals surface area contributed by atoms with Crippen molar-refractivity contribution >= 4 is 17.5 Å². The minimum Gasteiger partial charge on any atom is -0.378 e. The second-order valence-corrected chi connectivity index (χ2v) is 5.31. The zero-order chi connectivity index (χ0) is 14.0. The molecule has 2 fully saturated rings. The molecule has 1 saturated heterocycles. The van der Waals surface area contributed by atoms with Crippen LogP contribution in [0.25, 0.3) is 0 Å². The van der Waals surface area contributed by atoms with Crippen LogP contribution in [0.15, 0.2) is 30.3 Å². The van der Waals surface area contributed by atoms with E-state index in [0.717, 1.165) is 5.69 Å². The smallest absolute Gasteiger partial charge is 0.240 e. The van der Waals surface area contributed by atoms with Crippen molar-refractivity contribution in [1.82, 2.24) is 4.90 Å². The normalized spacial score (nSPS) is 20.3. The van der Waals surface area contributed by atoms with E-state index >= 15 is 0 Å². The molecule has 1 aromatic rings. The molecule has 0 spiro atoms. The molecule has 1 saturated carbocycles. The van der Waals surface area contributed by atoms with E-state index in [1.165, 1.54) is 0 Å². The summed E-state index contributed by atoms with van der Waals surface area (Å²) in [4.78, 5) is 26.7. The van der Waals surface area contributed by atoms with Crippen molar-refractivity contribution in [3.05, 3.63) is 30.3 Å². The molecule has 106 valence electrons. The minimum absolute atomic E-state index is 0.0470. The number of anilines is 1. The molecular formula is C15H18N2O3. The van der Waals surface area contributed by atoms with Gasteiger partial charge in [-0.3, -0.25) is 9.59 Å².